The molecule has 0 aromatic heterocycles. The molecule has 122 valence electrons. The van der Waals surface area contributed by atoms with E-state index in [2.05, 4.69) is 18.5 Å². The fraction of sp³-hybridized carbons (Fsp3) is 0.526. The Morgan fingerprint density at radius 3 is 2.73 bits per heavy atom. The molecule has 0 aliphatic rings. The lowest BCUT2D eigenvalue weighted by Crippen LogP contribution is -2.18. The van der Waals surface area contributed by atoms with Crippen LogP contribution >= 0.6 is 0 Å². The van der Waals surface area contributed by atoms with Crippen LogP contribution in [0.5, 0.6) is 0 Å². The number of aliphatic imine (C=N–C) groups is 1. The van der Waals surface area contributed by atoms with Crippen LogP contribution in [-0.4, -0.2) is 24.0 Å². The van der Waals surface area contributed by atoms with Gasteiger partial charge in [-0.15, -0.1) is 0 Å². The van der Waals surface area contributed by atoms with Crippen molar-refractivity contribution in [2.75, 3.05) is 7.11 Å². The molecule has 1 atom stereocenters. The molecule has 0 amide bonds. The summed E-state index contributed by atoms with van der Waals surface area (Å²) in [5, 5.41) is 9.71. The van der Waals surface area contributed by atoms with E-state index >= 15 is 0 Å². The molecule has 0 aliphatic carbocycles. The van der Waals surface area contributed by atoms with Crippen molar-refractivity contribution in [3.63, 3.8) is 0 Å². The lowest BCUT2D eigenvalue weighted by molar-refractivity contribution is 0.0671. The van der Waals surface area contributed by atoms with E-state index in [-0.39, 0.29) is 0 Å². The maximum absolute atomic E-state index is 9.71. The first kappa shape index (κ1) is 18.4. The molecule has 22 heavy (non-hydrogen) atoms. The molecule has 0 saturated heterocycles. The highest BCUT2D eigenvalue weighted by molar-refractivity contribution is 5.73. The lowest BCUT2D eigenvalue weighted by Gasteiger charge is -2.17. The number of methoxy groups -OCH3 is 1. The van der Waals surface area contributed by atoms with Crippen molar-refractivity contribution in [3.05, 3.63) is 36.4 Å². The van der Waals surface area contributed by atoms with Crippen LogP contribution < -0.4 is 0 Å². The highest BCUT2D eigenvalue weighted by Crippen LogP contribution is 2.25. The van der Waals surface area contributed by atoms with E-state index < -0.39 is 5.60 Å². The third-order valence-electron chi connectivity index (χ3n) is 3.67. The molecule has 0 spiro atoms. The van der Waals surface area contributed by atoms with Gasteiger partial charge in [-0.2, -0.15) is 0 Å². The van der Waals surface area contributed by atoms with Gasteiger partial charge in [0.15, 0.2) is 0 Å². The van der Waals surface area contributed by atoms with Gasteiger partial charge in [-0.05, 0) is 44.7 Å². The van der Waals surface area contributed by atoms with Crippen LogP contribution in [0.15, 0.2) is 35.8 Å². The van der Waals surface area contributed by atoms with Crippen LogP contribution in [0.2, 0.25) is 0 Å². The van der Waals surface area contributed by atoms with Crippen LogP contribution in [0.25, 0.3) is 5.76 Å². The Morgan fingerprint density at radius 2 is 2.09 bits per heavy atom. The number of benzene rings is 1. The van der Waals surface area contributed by atoms with Crippen molar-refractivity contribution >= 4 is 17.7 Å². The molecule has 0 heterocycles. The normalized spacial score (nSPS) is 13.3. The highest BCUT2D eigenvalue weighted by Gasteiger charge is 2.12. The second-order valence-electron chi connectivity index (χ2n) is 6.50. The van der Waals surface area contributed by atoms with Crippen LogP contribution in [-0.2, 0) is 4.74 Å². The van der Waals surface area contributed by atoms with Gasteiger partial charge in [-0.1, -0.05) is 38.5 Å². The van der Waals surface area contributed by atoms with E-state index in [1.54, 1.807) is 7.11 Å². The summed E-state index contributed by atoms with van der Waals surface area (Å²) in [7, 11) is 1.62. The van der Waals surface area contributed by atoms with Gasteiger partial charge in [-0.25, -0.2) is 0 Å². The molecule has 0 radical (unpaired) electrons. The molecule has 0 saturated carbocycles. The molecule has 1 aromatic carbocycles. The average Bonchev–Trinajstić information content (AvgIpc) is 2.45. The zero-order chi connectivity index (χ0) is 16.6. The number of rotatable bonds is 9. The second-order valence-corrected chi connectivity index (χ2v) is 6.50. The van der Waals surface area contributed by atoms with Gasteiger partial charge in [0, 0.05) is 11.8 Å². The number of ether oxygens (including phenoxy) is 1. The maximum atomic E-state index is 9.71. The van der Waals surface area contributed by atoms with Crippen LogP contribution in [0.4, 0.5) is 5.69 Å². The Balaban J connectivity index is 2.50. The summed E-state index contributed by atoms with van der Waals surface area (Å²) in [5.74, 6) is 1.19. The quantitative estimate of drug-likeness (QED) is 0.516. The maximum Gasteiger partial charge on any atom is 0.121 e. The third kappa shape index (κ3) is 6.90. The summed E-state index contributed by atoms with van der Waals surface area (Å²) in [6, 6.07) is 7.85. The predicted molar refractivity (Wildman–Crippen MR) is 94.6 cm³/mol. The summed E-state index contributed by atoms with van der Waals surface area (Å²) in [5.41, 5.74) is 1.25. The molecule has 1 N–H and O–H groups in total. The Labute approximate surface area is 134 Å². The highest BCUT2D eigenvalue weighted by atomic mass is 16.5. The van der Waals surface area contributed by atoms with E-state index in [0.29, 0.717) is 11.7 Å². The van der Waals surface area contributed by atoms with Crippen molar-refractivity contribution in [2.24, 2.45) is 10.9 Å². The Bertz CT molecular complexity index is 500. The van der Waals surface area contributed by atoms with Gasteiger partial charge in [0.25, 0.3) is 0 Å². The van der Waals surface area contributed by atoms with Crippen LogP contribution in [0, 0.1) is 5.92 Å². The average molecular weight is 303 g/mol. The molecular weight excluding hydrogens is 274 g/mol. The zero-order valence-corrected chi connectivity index (χ0v) is 14.3. The van der Waals surface area contributed by atoms with E-state index in [1.807, 2.05) is 44.3 Å². The fourth-order valence-electron chi connectivity index (χ4n) is 2.26. The number of nitrogens with zero attached hydrogens (tertiary/aromatic N) is 1. The van der Waals surface area contributed by atoms with Crippen molar-refractivity contribution in [1.82, 2.24) is 0 Å². The van der Waals surface area contributed by atoms with Gasteiger partial charge in [-0.3, -0.25) is 4.99 Å². The first-order chi connectivity index (χ1) is 10.3. The summed E-state index contributed by atoms with van der Waals surface area (Å²) in [6.07, 6.45) is 5.87. The Hall–Kier alpha value is -1.61. The zero-order valence-electron chi connectivity index (χ0n) is 14.3. The Kier molecular flexibility index (Phi) is 7.33. The fourth-order valence-corrected chi connectivity index (χ4v) is 2.26. The smallest absolute Gasteiger partial charge is 0.121 e. The molecule has 0 bridgehead atoms. The Morgan fingerprint density at radius 1 is 1.41 bits per heavy atom. The number of hydrogen-bond acceptors (Lipinski definition) is 3. The van der Waals surface area contributed by atoms with Gasteiger partial charge in [0.05, 0.1) is 18.4 Å². The summed E-state index contributed by atoms with van der Waals surface area (Å²) < 4.78 is 5.20. The molecular formula is C19H29NO2. The standard InChI is InChI=1S/C19H29NO2/c1-15(9-8-13-19(3,4)21)12-14-20-18-11-7-6-10-17(18)16(2)22-5/h6-7,10-11,14-15,21H,2,8-9,12-13H2,1,3-5H3. The minimum Gasteiger partial charge on any atom is -0.497 e. The number of para-hydroxylation sites is 1. The first-order valence-corrected chi connectivity index (χ1v) is 7.90. The molecule has 1 aromatic rings. The first-order valence-electron chi connectivity index (χ1n) is 7.90. The molecule has 3 heteroatoms. The predicted octanol–water partition coefficient (Wildman–Crippen LogP) is 4.97. The monoisotopic (exact) mass is 303 g/mol. The largest absolute Gasteiger partial charge is 0.497 e. The number of hydrogen-bond donors (Lipinski definition) is 1. The van der Waals surface area contributed by atoms with E-state index in [9.17, 15) is 5.11 Å². The van der Waals surface area contributed by atoms with Gasteiger partial charge < -0.3 is 9.84 Å². The number of aliphatic hydroxyl groups is 1. The van der Waals surface area contributed by atoms with Crippen molar-refractivity contribution < 1.29 is 9.84 Å². The van der Waals surface area contributed by atoms with Crippen molar-refractivity contribution in [2.45, 2.75) is 52.1 Å². The molecule has 1 rings (SSSR count). The summed E-state index contributed by atoms with van der Waals surface area (Å²) in [4.78, 5) is 4.56. The topological polar surface area (TPSA) is 41.8 Å². The molecule has 3 nitrogen and oxygen atoms in total. The molecule has 0 aliphatic heterocycles. The molecule has 0 fully saturated rings. The molecule has 1 unspecified atom stereocenters. The van der Waals surface area contributed by atoms with Crippen molar-refractivity contribution in [3.8, 4) is 0 Å². The van der Waals surface area contributed by atoms with Crippen LogP contribution in [0.3, 0.4) is 0 Å². The second kappa shape index (κ2) is 8.74. The SMILES string of the molecule is C=C(OC)c1ccccc1N=CCC(C)CCCC(C)(C)O. The van der Waals surface area contributed by atoms with Crippen molar-refractivity contribution in [1.29, 1.82) is 0 Å². The van der Waals surface area contributed by atoms with Crippen LogP contribution in [0.1, 0.15) is 52.0 Å². The lowest BCUT2D eigenvalue weighted by atomic mass is 9.95. The third-order valence-corrected chi connectivity index (χ3v) is 3.67. The van der Waals surface area contributed by atoms with E-state index in [0.717, 1.165) is 36.9 Å². The van der Waals surface area contributed by atoms with Gasteiger partial charge >= 0.3 is 0 Å². The summed E-state index contributed by atoms with van der Waals surface area (Å²) in [6.45, 7) is 9.83. The van der Waals surface area contributed by atoms with E-state index in [1.165, 1.54) is 0 Å². The van der Waals surface area contributed by atoms with Gasteiger partial charge in [0.1, 0.15) is 5.76 Å². The summed E-state index contributed by atoms with van der Waals surface area (Å²) >= 11 is 0. The minimum atomic E-state index is -0.562. The minimum absolute atomic E-state index is 0.559. The van der Waals surface area contributed by atoms with E-state index in [4.69, 9.17) is 4.74 Å². The van der Waals surface area contributed by atoms with Gasteiger partial charge in [0.2, 0.25) is 0 Å².